The molecule has 196 valence electrons. The van der Waals surface area contributed by atoms with Gasteiger partial charge in [0.25, 0.3) is 5.91 Å². The average Bonchev–Trinajstić information content (AvgIpc) is 2.82. The Hall–Kier alpha value is -3.19. The molecule has 0 radical (unpaired) electrons. The number of ether oxygens (including phenoxy) is 1. The minimum atomic E-state index is -4.02. The molecule has 0 unspecified atom stereocenters. The highest BCUT2D eigenvalue weighted by atomic mass is 32.2. The Morgan fingerprint density at radius 3 is 2.20 bits per heavy atom. The topological polar surface area (TPSA) is 171 Å². The van der Waals surface area contributed by atoms with Crippen LogP contribution in [0, 0.1) is 11.8 Å². The van der Waals surface area contributed by atoms with Gasteiger partial charge in [-0.2, -0.15) is 0 Å². The van der Waals surface area contributed by atoms with Gasteiger partial charge in [0.1, 0.15) is 5.75 Å². The number of phenols is 1. The van der Waals surface area contributed by atoms with Crippen molar-refractivity contribution in [1.82, 2.24) is 15.3 Å². The van der Waals surface area contributed by atoms with Gasteiger partial charge < -0.3 is 15.2 Å². The number of urea groups is 2. The summed E-state index contributed by atoms with van der Waals surface area (Å²) in [7, 11) is -1.60. The minimum absolute atomic E-state index is 0.0138. The molecule has 5 amide bonds. The van der Waals surface area contributed by atoms with E-state index in [-0.39, 0.29) is 47.4 Å². The number of carbonyl (C=O) groups is 4. The van der Waals surface area contributed by atoms with Crippen LogP contribution in [0.3, 0.4) is 0 Å². The maximum absolute atomic E-state index is 13.0. The summed E-state index contributed by atoms with van der Waals surface area (Å²) in [5.41, 5.74) is 0. The first-order valence-corrected chi connectivity index (χ1v) is 12.6. The molecular weight excluding hydrogens is 482 g/mol. The molecule has 35 heavy (non-hydrogen) atoms. The monoisotopic (exact) mass is 515 g/mol. The van der Waals surface area contributed by atoms with E-state index < -0.39 is 45.4 Å². The number of phenolic OH excluding ortho intramolecular Hbond substituents is 1. The number of aromatic hydroxyl groups is 1. The van der Waals surface area contributed by atoms with Crippen molar-refractivity contribution in [3.8, 4) is 5.75 Å². The SMILES string of the molecule is CNC(=O)N(CCCC(=O)OC)C(=O)N(O)C(=O)[C@H](CCC(C)C)CS(=O)(=O)c1ccc(O)cc1. The van der Waals surface area contributed by atoms with Gasteiger partial charge in [-0.1, -0.05) is 20.3 Å². The van der Waals surface area contributed by atoms with Crippen LogP contribution in [0.15, 0.2) is 29.2 Å². The first-order valence-electron chi connectivity index (χ1n) is 11.0. The lowest BCUT2D eigenvalue weighted by Gasteiger charge is -2.26. The first-order chi connectivity index (χ1) is 16.3. The molecule has 0 heterocycles. The standard InChI is InChI=1S/C22H33N3O9S/c1-15(2)7-8-16(14-35(32,33)18-11-9-17(26)10-12-18)20(28)25(31)22(30)24(21(29)23-3)13-5-6-19(27)34-4/h9-12,15-16,26,31H,5-8,13-14H2,1-4H3,(H,23,29)/t16-/m1/s1. The third-order valence-corrected chi connectivity index (χ3v) is 6.96. The molecule has 0 bridgehead atoms. The summed E-state index contributed by atoms with van der Waals surface area (Å²) in [5.74, 6) is -3.77. The maximum atomic E-state index is 13.0. The quantitative estimate of drug-likeness (QED) is 0.227. The lowest BCUT2D eigenvalue weighted by atomic mass is 9.98. The van der Waals surface area contributed by atoms with Crippen molar-refractivity contribution in [1.29, 1.82) is 0 Å². The number of imide groups is 2. The van der Waals surface area contributed by atoms with E-state index >= 15 is 0 Å². The van der Waals surface area contributed by atoms with Gasteiger partial charge >= 0.3 is 18.0 Å². The fourth-order valence-corrected chi connectivity index (χ4v) is 4.69. The number of amides is 5. The molecule has 1 rings (SSSR count). The third kappa shape index (κ3) is 9.17. The molecule has 0 aliphatic carbocycles. The molecule has 1 aromatic rings. The lowest BCUT2D eigenvalue weighted by Crippen LogP contribution is -2.52. The number of carbonyl (C=O) groups excluding carboxylic acids is 4. The maximum Gasteiger partial charge on any atom is 0.359 e. The van der Waals surface area contributed by atoms with Gasteiger partial charge in [0.2, 0.25) is 0 Å². The predicted octanol–water partition coefficient (Wildman–Crippen LogP) is 2.15. The van der Waals surface area contributed by atoms with Crippen LogP contribution >= 0.6 is 0 Å². The number of nitrogens with one attached hydrogen (secondary N) is 1. The van der Waals surface area contributed by atoms with E-state index in [0.717, 1.165) is 0 Å². The van der Waals surface area contributed by atoms with E-state index in [4.69, 9.17) is 0 Å². The zero-order valence-corrected chi connectivity index (χ0v) is 21.1. The van der Waals surface area contributed by atoms with E-state index in [0.29, 0.717) is 11.3 Å². The number of hydrogen-bond donors (Lipinski definition) is 3. The molecule has 0 aromatic heterocycles. The van der Waals surface area contributed by atoms with E-state index in [1.807, 2.05) is 13.8 Å². The summed E-state index contributed by atoms with van der Waals surface area (Å²) in [4.78, 5) is 49.7. The van der Waals surface area contributed by atoms with Gasteiger partial charge in [0.05, 0.1) is 23.7 Å². The molecule has 13 heteroatoms. The molecule has 0 aliphatic rings. The van der Waals surface area contributed by atoms with E-state index in [1.54, 1.807) is 0 Å². The fourth-order valence-electron chi connectivity index (χ4n) is 3.11. The van der Waals surface area contributed by atoms with Crippen molar-refractivity contribution < 1.29 is 42.6 Å². The van der Waals surface area contributed by atoms with Crippen LogP contribution in [-0.4, -0.2) is 79.1 Å². The highest BCUT2D eigenvalue weighted by Gasteiger charge is 2.36. The second kappa shape index (κ2) is 13.6. The zero-order chi connectivity index (χ0) is 26.8. The Morgan fingerprint density at radius 1 is 1.09 bits per heavy atom. The Labute approximate surface area is 204 Å². The fraction of sp³-hybridized carbons (Fsp3) is 0.545. The average molecular weight is 516 g/mol. The van der Waals surface area contributed by atoms with Gasteiger partial charge in [-0.15, -0.1) is 5.06 Å². The number of methoxy groups -OCH3 is 1. The number of hydroxylamine groups is 2. The largest absolute Gasteiger partial charge is 0.508 e. The van der Waals surface area contributed by atoms with E-state index in [1.165, 1.54) is 38.4 Å². The molecule has 0 saturated carbocycles. The lowest BCUT2D eigenvalue weighted by molar-refractivity contribution is -0.158. The summed E-state index contributed by atoms with van der Waals surface area (Å²) in [6.07, 6.45) is 0.390. The smallest absolute Gasteiger partial charge is 0.359 e. The molecule has 0 spiro atoms. The van der Waals surface area contributed by atoms with Crippen LogP contribution in [0.4, 0.5) is 9.59 Å². The minimum Gasteiger partial charge on any atom is -0.508 e. The van der Waals surface area contributed by atoms with Crippen LogP contribution in [-0.2, 0) is 24.2 Å². The van der Waals surface area contributed by atoms with Gasteiger partial charge in [0.15, 0.2) is 9.84 Å². The van der Waals surface area contributed by atoms with E-state index in [2.05, 4.69) is 10.1 Å². The van der Waals surface area contributed by atoms with Crippen LogP contribution in [0.2, 0.25) is 0 Å². The molecule has 0 saturated heterocycles. The highest BCUT2D eigenvalue weighted by Crippen LogP contribution is 2.23. The number of nitrogens with zero attached hydrogens (tertiary/aromatic N) is 2. The molecule has 12 nitrogen and oxygen atoms in total. The molecule has 3 N–H and O–H groups in total. The first kappa shape index (κ1) is 29.8. The zero-order valence-electron chi connectivity index (χ0n) is 20.3. The van der Waals surface area contributed by atoms with Crippen molar-refractivity contribution in [3.63, 3.8) is 0 Å². The van der Waals surface area contributed by atoms with Gasteiger partial charge in [-0.3, -0.25) is 14.8 Å². The van der Waals surface area contributed by atoms with Crippen LogP contribution in [0.25, 0.3) is 0 Å². The van der Waals surface area contributed by atoms with Crippen molar-refractivity contribution in [2.24, 2.45) is 11.8 Å². The van der Waals surface area contributed by atoms with Gasteiger partial charge in [-0.25, -0.2) is 22.9 Å². The Morgan fingerprint density at radius 2 is 1.69 bits per heavy atom. The van der Waals surface area contributed by atoms with Crippen LogP contribution in [0.5, 0.6) is 5.75 Å². The normalized spacial score (nSPS) is 12.1. The van der Waals surface area contributed by atoms with Gasteiger partial charge in [-0.05, 0) is 43.0 Å². The molecule has 0 fully saturated rings. The Balaban J connectivity index is 3.12. The molecule has 1 aromatic carbocycles. The summed E-state index contributed by atoms with van der Waals surface area (Å²) in [6, 6.07) is 2.44. The van der Waals surface area contributed by atoms with Crippen molar-refractivity contribution >= 4 is 33.8 Å². The number of esters is 1. The van der Waals surface area contributed by atoms with Crippen molar-refractivity contribution in [3.05, 3.63) is 24.3 Å². The molecule has 1 atom stereocenters. The van der Waals surface area contributed by atoms with E-state index in [9.17, 15) is 37.9 Å². The van der Waals surface area contributed by atoms with Crippen molar-refractivity contribution in [2.75, 3.05) is 26.5 Å². The number of rotatable bonds is 11. The number of sulfone groups is 1. The van der Waals surface area contributed by atoms with Crippen LogP contribution < -0.4 is 5.32 Å². The molecule has 0 aliphatic heterocycles. The number of benzene rings is 1. The van der Waals surface area contributed by atoms with Crippen LogP contribution in [0.1, 0.15) is 39.5 Å². The summed E-state index contributed by atoms with van der Waals surface area (Å²) in [6.45, 7) is 3.43. The highest BCUT2D eigenvalue weighted by molar-refractivity contribution is 7.91. The second-order valence-corrected chi connectivity index (χ2v) is 10.3. The van der Waals surface area contributed by atoms with Gasteiger partial charge in [0, 0.05) is 20.0 Å². The third-order valence-electron chi connectivity index (χ3n) is 5.13. The Kier molecular flexibility index (Phi) is 11.6. The number of hydrogen-bond acceptors (Lipinski definition) is 9. The second-order valence-electron chi connectivity index (χ2n) is 8.26. The molecular formula is C22H33N3O9S. The summed E-state index contributed by atoms with van der Waals surface area (Å²) >= 11 is 0. The predicted molar refractivity (Wildman–Crippen MR) is 124 cm³/mol. The summed E-state index contributed by atoms with van der Waals surface area (Å²) < 4.78 is 30.3. The summed E-state index contributed by atoms with van der Waals surface area (Å²) in [5, 5.41) is 21.7. The Bertz CT molecular complexity index is 994. The van der Waals surface area contributed by atoms with Crippen molar-refractivity contribution in [2.45, 2.75) is 44.4 Å².